The number of thiophene rings is 1. The van der Waals surface area contributed by atoms with Gasteiger partial charge in [-0.1, -0.05) is 22.9 Å². The van der Waals surface area contributed by atoms with Crippen LogP contribution in [-0.2, 0) is 10.0 Å². The highest BCUT2D eigenvalue weighted by atomic mass is 35.5. The van der Waals surface area contributed by atoms with Gasteiger partial charge in [0, 0.05) is 0 Å². The molecule has 68 valence electrons. The molecule has 4 nitrogen and oxygen atoms in total. The Kier molecular flexibility index (Phi) is 2.94. The van der Waals surface area contributed by atoms with Gasteiger partial charge in [-0.25, -0.2) is 13.6 Å². The Balaban J connectivity index is 2.92. The summed E-state index contributed by atoms with van der Waals surface area (Å²) in [4.78, 5) is 0. The molecule has 0 aliphatic rings. The molecule has 7 heteroatoms. The van der Waals surface area contributed by atoms with Gasteiger partial charge in [-0.3, -0.25) is 0 Å². The minimum absolute atomic E-state index is 0.00935. The molecule has 1 aromatic rings. The highest BCUT2D eigenvalue weighted by Crippen LogP contribution is 2.27. The molecule has 0 aliphatic heterocycles. The molecular formula is C5H6ClNO3S2. The van der Waals surface area contributed by atoms with E-state index in [2.05, 4.69) is 0 Å². The predicted molar refractivity (Wildman–Crippen MR) is 47.0 cm³/mol. The molecular weight excluding hydrogens is 222 g/mol. The fourth-order valence-electron chi connectivity index (χ4n) is 0.588. The number of sulfonamides is 1. The minimum atomic E-state index is -3.60. The highest BCUT2D eigenvalue weighted by molar-refractivity contribution is 7.91. The first-order valence-electron chi connectivity index (χ1n) is 2.85. The average molecular weight is 228 g/mol. The third kappa shape index (κ3) is 2.34. The molecule has 2 N–H and O–H groups in total. The summed E-state index contributed by atoms with van der Waals surface area (Å²) in [6, 6.07) is 2.87. The van der Waals surface area contributed by atoms with E-state index in [4.69, 9.17) is 21.5 Å². The quantitative estimate of drug-likeness (QED) is 0.783. The third-order valence-electron chi connectivity index (χ3n) is 1.03. The van der Waals surface area contributed by atoms with Crippen LogP contribution in [0, 0.1) is 0 Å². The van der Waals surface area contributed by atoms with Crippen molar-refractivity contribution >= 4 is 33.0 Å². The second-order valence-electron chi connectivity index (χ2n) is 1.87. The van der Waals surface area contributed by atoms with Gasteiger partial charge in [0.1, 0.15) is 4.21 Å². The Morgan fingerprint density at radius 1 is 1.58 bits per heavy atom. The lowest BCUT2D eigenvalue weighted by Crippen LogP contribution is -2.09. The van der Waals surface area contributed by atoms with Crippen LogP contribution in [0.3, 0.4) is 0 Å². The Morgan fingerprint density at radius 3 is 2.67 bits per heavy atom. The van der Waals surface area contributed by atoms with Crippen molar-refractivity contribution in [2.24, 2.45) is 5.14 Å². The Bertz CT molecular complexity index is 359. The van der Waals surface area contributed by atoms with Gasteiger partial charge >= 0.3 is 0 Å². The predicted octanol–water partition coefficient (Wildman–Crippen LogP) is 0.971. The fraction of sp³-hybridized carbons (Fsp3) is 0.200. The molecule has 0 saturated carbocycles. The zero-order chi connectivity index (χ0) is 9.19. The number of hydrogen-bond acceptors (Lipinski definition) is 4. The molecule has 0 aliphatic carbocycles. The van der Waals surface area contributed by atoms with Gasteiger partial charge < -0.3 is 4.74 Å². The van der Waals surface area contributed by atoms with Gasteiger partial charge in [0.05, 0.1) is 0 Å². The number of primary sulfonamides is 1. The van der Waals surface area contributed by atoms with E-state index >= 15 is 0 Å². The van der Waals surface area contributed by atoms with E-state index in [0.29, 0.717) is 5.06 Å². The van der Waals surface area contributed by atoms with Crippen LogP contribution in [0.15, 0.2) is 16.3 Å². The van der Waals surface area contributed by atoms with Crippen molar-refractivity contribution in [3.8, 4) is 5.06 Å². The van der Waals surface area contributed by atoms with Crippen molar-refractivity contribution in [3.05, 3.63) is 12.1 Å². The third-order valence-corrected chi connectivity index (χ3v) is 3.58. The summed E-state index contributed by atoms with van der Waals surface area (Å²) in [5, 5.41) is 5.30. The van der Waals surface area contributed by atoms with Gasteiger partial charge in [-0.15, -0.1) is 0 Å². The second kappa shape index (κ2) is 3.61. The van der Waals surface area contributed by atoms with E-state index in [1.54, 1.807) is 0 Å². The number of alkyl halides is 1. The molecule has 0 atom stereocenters. The van der Waals surface area contributed by atoms with Crippen molar-refractivity contribution in [1.82, 2.24) is 0 Å². The van der Waals surface area contributed by atoms with E-state index < -0.39 is 10.0 Å². The summed E-state index contributed by atoms with van der Waals surface area (Å²) < 4.78 is 26.4. The maximum atomic E-state index is 10.8. The molecule has 0 radical (unpaired) electrons. The smallest absolute Gasteiger partial charge is 0.247 e. The number of halogens is 1. The van der Waals surface area contributed by atoms with E-state index in [1.807, 2.05) is 0 Å². The highest BCUT2D eigenvalue weighted by Gasteiger charge is 2.11. The van der Waals surface area contributed by atoms with Crippen LogP contribution in [0.1, 0.15) is 0 Å². The van der Waals surface area contributed by atoms with Crippen LogP contribution in [-0.4, -0.2) is 14.5 Å². The molecule has 0 spiro atoms. The van der Waals surface area contributed by atoms with Gasteiger partial charge in [-0.05, 0) is 12.1 Å². The van der Waals surface area contributed by atoms with Crippen LogP contribution in [0.5, 0.6) is 5.06 Å². The first kappa shape index (κ1) is 9.79. The van der Waals surface area contributed by atoms with Crippen LogP contribution >= 0.6 is 22.9 Å². The molecule has 1 rings (SSSR count). The van der Waals surface area contributed by atoms with Crippen molar-refractivity contribution in [2.45, 2.75) is 4.21 Å². The SMILES string of the molecule is NS(=O)(=O)c1ccc(OCCl)s1. The molecule has 12 heavy (non-hydrogen) atoms. The Labute approximate surface area is 79.0 Å². The second-order valence-corrected chi connectivity index (χ2v) is 4.92. The van der Waals surface area contributed by atoms with E-state index in [-0.39, 0.29) is 10.3 Å². The van der Waals surface area contributed by atoms with Gasteiger partial charge in [0.2, 0.25) is 10.0 Å². The lowest BCUT2D eigenvalue weighted by Gasteiger charge is -1.93. The summed E-state index contributed by atoms with van der Waals surface area (Å²) >= 11 is 6.21. The first-order valence-corrected chi connectivity index (χ1v) is 5.75. The maximum absolute atomic E-state index is 10.8. The van der Waals surface area contributed by atoms with Gasteiger partial charge in [-0.2, -0.15) is 0 Å². The van der Waals surface area contributed by atoms with Crippen molar-refractivity contribution in [2.75, 3.05) is 6.07 Å². The monoisotopic (exact) mass is 227 g/mol. The Morgan fingerprint density at radius 2 is 2.25 bits per heavy atom. The van der Waals surface area contributed by atoms with Crippen LogP contribution in [0.25, 0.3) is 0 Å². The van der Waals surface area contributed by atoms with Crippen LogP contribution in [0.4, 0.5) is 0 Å². The van der Waals surface area contributed by atoms with E-state index in [0.717, 1.165) is 11.3 Å². The summed E-state index contributed by atoms with van der Waals surface area (Å²) in [5.41, 5.74) is 0. The minimum Gasteiger partial charge on any atom is -0.468 e. The van der Waals surface area contributed by atoms with Crippen molar-refractivity contribution in [1.29, 1.82) is 0 Å². The van der Waals surface area contributed by atoms with Crippen molar-refractivity contribution in [3.63, 3.8) is 0 Å². The van der Waals surface area contributed by atoms with Crippen LogP contribution in [0.2, 0.25) is 0 Å². The summed E-state index contributed by atoms with van der Waals surface area (Å²) in [6.07, 6.45) is 0. The number of rotatable bonds is 3. The normalized spacial score (nSPS) is 11.5. The van der Waals surface area contributed by atoms with Crippen molar-refractivity contribution < 1.29 is 13.2 Å². The molecule has 0 fully saturated rings. The summed E-state index contributed by atoms with van der Waals surface area (Å²) in [7, 11) is -3.60. The topological polar surface area (TPSA) is 69.4 Å². The molecule has 1 aromatic heterocycles. The standard InChI is InChI=1S/C5H6ClNO3S2/c6-3-10-4-1-2-5(11-4)12(7,8)9/h1-2H,3H2,(H2,7,8,9). The number of nitrogens with two attached hydrogens (primary N) is 1. The summed E-state index contributed by atoms with van der Waals surface area (Å²) in [6.45, 7) is 0. The fourth-order valence-corrected chi connectivity index (χ4v) is 2.33. The maximum Gasteiger partial charge on any atom is 0.247 e. The number of hydrogen-bond donors (Lipinski definition) is 1. The summed E-state index contributed by atoms with van der Waals surface area (Å²) in [5.74, 6) is 0. The Hall–Kier alpha value is -0.300. The lowest BCUT2D eigenvalue weighted by molar-refractivity contribution is 0.399. The molecule has 1 heterocycles. The van der Waals surface area contributed by atoms with E-state index in [9.17, 15) is 8.42 Å². The van der Waals surface area contributed by atoms with Gasteiger partial charge in [0.25, 0.3) is 0 Å². The van der Waals surface area contributed by atoms with Gasteiger partial charge in [0.15, 0.2) is 11.1 Å². The van der Waals surface area contributed by atoms with E-state index in [1.165, 1.54) is 12.1 Å². The molecule has 0 saturated heterocycles. The lowest BCUT2D eigenvalue weighted by atomic mass is 10.6. The molecule has 0 aromatic carbocycles. The molecule has 0 bridgehead atoms. The first-order chi connectivity index (χ1) is 5.54. The zero-order valence-electron chi connectivity index (χ0n) is 5.86. The molecule has 0 amide bonds. The van der Waals surface area contributed by atoms with Crippen LogP contribution < -0.4 is 9.88 Å². The largest absolute Gasteiger partial charge is 0.468 e. The molecule has 0 unspecified atom stereocenters. The number of ether oxygens (including phenoxy) is 1. The average Bonchev–Trinajstić information content (AvgIpc) is 2.35. The zero-order valence-corrected chi connectivity index (χ0v) is 8.25.